The van der Waals surface area contributed by atoms with Gasteiger partial charge in [-0.05, 0) is 91.2 Å². The van der Waals surface area contributed by atoms with Crippen molar-refractivity contribution in [3.8, 4) is 0 Å². The molecule has 0 bridgehead atoms. The summed E-state index contributed by atoms with van der Waals surface area (Å²) >= 11 is 0. The van der Waals surface area contributed by atoms with Crippen molar-refractivity contribution < 1.29 is 23.1 Å². The molecule has 3 aromatic carbocycles. The van der Waals surface area contributed by atoms with Crippen LogP contribution in [0.15, 0.2) is 65.6 Å². The maximum absolute atomic E-state index is 13.2. The summed E-state index contributed by atoms with van der Waals surface area (Å²) in [5, 5.41) is 12.7. The van der Waals surface area contributed by atoms with E-state index in [4.69, 9.17) is 0 Å². The molecule has 0 radical (unpaired) electrons. The number of sulfone groups is 1. The first kappa shape index (κ1) is 27.3. The number of rotatable bonds is 9. The highest BCUT2D eigenvalue weighted by atomic mass is 32.2. The lowest BCUT2D eigenvalue weighted by Gasteiger charge is -2.29. The number of carboxylic acids is 1. The molecule has 2 N–H and O–H groups in total. The van der Waals surface area contributed by atoms with E-state index >= 15 is 0 Å². The van der Waals surface area contributed by atoms with E-state index in [2.05, 4.69) is 28.4 Å². The average Bonchev–Trinajstić information content (AvgIpc) is 2.93. The van der Waals surface area contributed by atoms with E-state index in [1.807, 2.05) is 12.1 Å². The zero-order valence-corrected chi connectivity index (χ0v) is 23.0. The first-order chi connectivity index (χ1) is 18.8. The highest BCUT2D eigenvalue weighted by molar-refractivity contribution is 7.92. The van der Waals surface area contributed by atoms with Gasteiger partial charge >= 0.3 is 5.97 Å². The summed E-state index contributed by atoms with van der Waals surface area (Å²) in [6.07, 6.45) is 6.09. The second-order valence-electron chi connectivity index (χ2n) is 10.8. The normalized spacial score (nSPS) is 18.8. The Bertz CT molecular complexity index is 1460. The van der Waals surface area contributed by atoms with Crippen LogP contribution in [0.3, 0.4) is 0 Å². The number of amides is 1. The third-order valence-corrected chi connectivity index (χ3v) is 10.1. The van der Waals surface area contributed by atoms with Crippen molar-refractivity contribution in [2.45, 2.75) is 74.1 Å². The summed E-state index contributed by atoms with van der Waals surface area (Å²) < 4.78 is 26.5. The number of carbonyl (C=O) groups is 2. The molecule has 206 valence electrons. The van der Waals surface area contributed by atoms with Gasteiger partial charge in [-0.15, -0.1) is 0 Å². The number of hydrogen-bond acceptors (Lipinski definition) is 5. The van der Waals surface area contributed by atoms with Gasteiger partial charge in [0, 0.05) is 13.0 Å². The molecular weight excluding hydrogens is 512 g/mol. The molecule has 2 aliphatic rings. The average molecular weight is 549 g/mol. The number of likely N-dealkylation sites (tertiary alicyclic amines) is 1. The van der Waals surface area contributed by atoms with Crippen LogP contribution in [0.1, 0.15) is 67.7 Å². The number of carboxylic acid groups (broad SMARTS) is 1. The van der Waals surface area contributed by atoms with Crippen molar-refractivity contribution in [2.24, 2.45) is 0 Å². The van der Waals surface area contributed by atoms with Gasteiger partial charge in [-0.25, -0.2) is 8.42 Å². The summed E-state index contributed by atoms with van der Waals surface area (Å²) in [5.74, 6) is -1.77. The minimum atomic E-state index is -4.17. The third kappa shape index (κ3) is 6.34. The Morgan fingerprint density at radius 1 is 0.949 bits per heavy atom. The number of aliphatic carboxylic acids is 1. The standard InChI is InChI=1S/C31H36N2O5S/c34-30(16-15-29(31(35)36)39(37,38)26-13-12-23-7-2-3-8-24(23)20-26)32-28-10-6-9-25-19-22(11-14-27(25)28)21-33-17-4-1-5-18-33/h2-3,7-8,11-14,19-20,28-29H,1,4-6,9-10,15-18,21H2,(H,32,34)(H,35,36)/t28-,29+/m1/s1. The molecule has 5 rings (SSSR count). The minimum Gasteiger partial charge on any atom is -0.480 e. The molecule has 39 heavy (non-hydrogen) atoms. The Morgan fingerprint density at radius 2 is 1.72 bits per heavy atom. The molecule has 0 spiro atoms. The SMILES string of the molecule is O=C(CC[C@@H](C(=O)O)S(=O)(=O)c1ccc2ccccc2c1)N[C@@H]1CCCc2cc(CN3CCCCC3)ccc21. The van der Waals surface area contributed by atoms with Gasteiger partial charge < -0.3 is 10.4 Å². The van der Waals surface area contributed by atoms with Crippen molar-refractivity contribution in [2.75, 3.05) is 13.1 Å². The van der Waals surface area contributed by atoms with Crippen molar-refractivity contribution >= 4 is 32.5 Å². The maximum atomic E-state index is 13.2. The largest absolute Gasteiger partial charge is 0.480 e. The van der Waals surface area contributed by atoms with Crippen LogP contribution in [0.2, 0.25) is 0 Å². The fourth-order valence-corrected chi connectivity index (χ4v) is 7.51. The summed E-state index contributed by atoms with van der Waals surface area (Å²) in [6, 6.07) is 18.3. The number of piperidine rings is 1. The molecule has 1 fully saturated rings. The van der Waals surface area contributed by atoms with Gasteiger partial charge in [0.25, 0.3) is 0 Å². The second kappa shape index (κ2) is 11.9. The predicted octanol–water partition coefficient (Wildman–Crippen LogP) is 5.03. The molecule has 1 heterocycles. The lowest BCUT2D eigenvalue weighted by molar-refractivity contribution is -0.136. The van der Waals surface area contributed by atoms with E-state index in [0.29, 0.717) is 0 Å². The molecule has 0 saturated carbocycles. The fourth-order valence-electron chi connectivity index (χ4n) is 5.94. The summed E-state index contributed by atoms with van der Waals surface area (Å²) in [4.78, 5) is 27.4. The molecule has 2 atom stereocenters. The number of carbonyl (C=O) groups excluding carboxylic acids is 1. The Kier molecular flexibility index (Phi) is 8.33. The fraction of sp³-hybridized carbons (Fsp3) is 0.419. The van der Waals surface area contributed by atoms with Gasteiger partial charge in [0.15, 0.2) is 15.1 Å². The van der Waals surface area contributed by atoms with Crippen molar-refractivity contribution in [1.82, 2.24) is 10.2 Å². The Balaban J connectivity index is 1.23. The molecule has 3 aromatic rings. The van der Waals surface area contributed by atoms with E-state index in [0.717, 1.165) is 55.2 Å². The van der Waals surface area contributed by atoms with E-state index in [1.165, 1.54) is 42.5 Å². The van der Waals surface area contributed by atoms with Crippen molar-refractivity contribution in [3.63, 3.8) is 0 Å². The molecular formula is C31H36N2O5S. The van der Waals surface area contributed by atoms with Crippen LogP contribution >= 0.6 is 0 Å². The molecule has 1 amide bonds. The van der Waals surface area contributed by atoms with Crippen LogP contribution in [0.5, 0.6) is 0 Å². The lowest BCUT2D eigenvalue weighted by Crippen LogP contribution is -2.35. The van der Waals surface area contributed by atoms with Gasteiger partial charge in [0.2, 0.25) is 5.91 Å². The molecule has 1 saturated heterocycles. The second-order valence-corrected chi connectivity index (χ2v) is 12.9. The molecule has 0 unspecified atom stereocenters. The Morgan fingerprint density at radius 3 is 2.49 bits per heavy atom. The summed E-state index contributed by atoms with van der Waals surface area (Å²) in [6.45, 7) is 3.24. The zero-order chi connectivity index (χ0) is 27.4. The van der Waals surface area contributed by atoms with Crippen LogP contribution in [-0.2, 0) is 32.4 Å². The van der Waals surface area contributed by atoms with Crippen LogP contribution in [0, 0.1) is 0 Å². The highest BCUT2D eigenvalue weighted by Gasteiger charge is 2.35. The number of fused-ring (bicyclic) bond motifs is 2. The quantitative estimate of drug-likeness (QED) is 0.389. The predicted molar refractivity (Wildman–Crippen MR) is 151 cm³/mol. The van der Waals surface area contributed by atoms with E-state index in [9.17, 15) is 23.1 Å². The van der Waals surface area contributed by atoms with Crippen LogP contribution in [-0.4, -0.2) is 48.6 Å². The van der Waals surface area contributed by atoms with Gasteiger partial charge in [-0.2, -0.15) is 0 Å². The Labute approximate surface area is 230 Å². The molecule has 0 aromatic heterocycles. The lowest BCUT2D eigenvalue weighted by atomic mass is 9.86. The van der Waals surface area contributed by atoms with Crippen molar-refractivity contribution in [3.05, 3.63) is 77.4 Å². The molecule has 1 aliphatic heterocycles. The van der Waals surface area contributed by atoms with Crippen LogP contribution in [0.25, 0.3) is 10.8 Å². The first-order valence-electron chi connectivity index (χ1n) is 13.9. The molecule has 1 aliphatic carbocycles. The maximum Gasteiger partial charge on any atom is 0.322 e. The van der Waals surface area contributed by atoms with Gasteiger partial charge in [-0.3, -0.25) is 14.5 Å². The van der Waals surface area contributed by atoms with Gasteiger partial charge in [0.1, 0.15) is 0 Å². The molecule has 7 nitrogen and oxygen atoms in total. The minimum absolute atomic E-state index is 0.0458. The van der Waals surface area contributed by atoms with E-state index in [1.54, 1.807) is 18.2 Å². The number of nitrogens with one attached hydrogen (secondary N) is 1. The number of aryl methyl sites for hydroxylation is 1. The zero-order valence-electron chi connectivity index (χ0n) is 22.1. The number of benzene rings is 3. The van der Waals surface area contributed by atoms with Crippen LogP contribution in [0.4, 0.5) is 0 Å². The van der Waals surface area contributed by atoms with Gasteiger partial charge in [0.05, 0.1) is 10.9 Å². The number of hydrogen-bond donors (Lipinski definition) is 2. The van der Waals surface area contributed by atoms with Crippen LogP contribution < -0.4 is 5.32 Å². The van der Waals surface area contributed by atoms with E-state index < -0.39 is 21.1 Å². The smallest absolute Gasteiger partial charge is 0.322 e. The van der Waals surface area contributed by atoms with Crippen molar-refractivity contribution in [1.29, 1.82) is 0 Å². The first-order valence-corrected chi connectivity index (χ1v) is 15.4. The summed E-state index contributed by atoms with van der Waals surface area (Å²) in [5.41, 5.74) is 3.66. The monoisotopic (exact) mass is 548 g/mol. The van der Waals surface area contributed by atoms with Gasteiger partial charge in [-0.1, -0.05) is 55.0 Å². The topological polar surface area (TPSA) is 104 Å². The Hall–Kier alpha value is -3.23. The molecule has 8 heteroatoms. The van der Waals surface area contributed by atoms with E-state index in [-0.39, 0.29) is 29.7 Å². The third-order valence-electron chi connectivity index (χ3n) is 8.04. The summed E-state index contributed by atoms with van der Waals surface area (Å²) in [7, 11) is -4.17. The highest BCUT2D eigenvalue weighted by Crippen LogP contribution is 2.31. The number of nitrogens with zero attached hydrogens (tertiary/aromatic N) is 1.